The number of aryl methyl sites for hydroxylation is 2. The van der Waals surface area contributed by atoms with Gasteiger partial charge >= 0.3 is 0 Å². The van der Waals surface area contributed by atoms with Crippen LogP contribution in [0.5, 0.6) is 0 Å². The molecule has 2 heterocycles. The first-order valence-electron chi connectivity index (χ1n) is 6.31. The van der Waals surface area contributed by atoms with Gasteiger partial charge in [0.15, 0.2) is 5.82 Å². The number of hydrogen-bond acceptors (Lipinski definition) is 4. The minimum absolute atomic E-state index is 0.530. The maximum atomic E-state index is 5.85. The van der Waals surface area contributed by atoms with Crippen LogP contribution >= 0.6 is 0 Å². The SMILES string of the molecule is CCCc1cc(N)nc(-c2ccncc2CC)n1. The highest BCUT2D eigenvalue weighted by molar-refractivity contribution is 5.60. The van der Waals surface area contributed by atoms with Crippen molar-refractivity contribution in [2.75, 3.05) is 5.73 Å². The zero-order chi connectivity index (χ0) is 13.0. The van der Waals surface area contributed by atoms with Crippen LogP contribution in [0.25, 0.3) is 11.4 Å². The summed E-state index contributed by atoms with van der Waals surface area (Å²) in [5.74, 6) is 1.24. The lowest BCUT2D eigenvalue weighted by molar-refractivity contribution is 0.876. The molecule has 94 valence electrons. The summed E-state index contributed by atoms with van der Waals surface area (Å²) < 4.78 is 0. The fraction of sp³-hybridized carbons (Fsp3) is 0.357. The number of aromatic nitrogens is 3. The lowest BCUT2D eigenvalue weighted by Gasteiger charge is -2.08. The minimum atomic E-state index is 0.530. The summed E-state index contributed by atoms with van der Waals surface area (Å²) in [6, 6.07) is 3.79. The van der Waals surface area contributed by atoms with E-state index in [1.807, 2.05) is 18.3 Å². The van der Waals surface area contributed by atoms with Crippen molar-refractivity contribution in [1.82, 2.24) is 15.0 Å². The molecule has 0 aliphatic heterocycles. The predicted molar refractivity (Wildman–Crippen MR) is 73.0 cm³/mol. The van der Waals surface area contributed by atoms with Gasteiger partial charge in [-0.3, -0.25) is 4.98 Å². The highest BCUT2D eigenvalue weighted by atomic mass is 14.9. The molecular weight excluding hydrogens is 224 g/mol. The number of nitrogens with two attached hydrogens (primary N) is 1. The molecule has 2 rings (SSSR count). The Labute approximate surface area is 107 Å². The molecule has 0 saturated heterocycles. The Hall–Kier alpha value is -1.97. The highest BCUT2D eigenvalue weighted by Crippen LogP contribution is 2.21. The van der Waals surface area contributed by atoms with Gasteiger partial charge in [-0.05, 0) is 24.5 Å². The number of anilines is 1. The van der Waals surface area contributed by atoms with Gasteiger partial charge in [0.25, 0.3) is 0 Å². The number of hydrogen-bond donors (Lipinski definition) is 1. The van der Waals surface area contributed by atoms with Crippen LogP contribution in [0.3, 0.4) is 0 Å². The van der Waals surface area contributed by atoms with E-state index in [0.717, 1.165) is 36.1 Å². The van der Waals surface area contributed by atoms with Crippen LogP contribution in [0, 0.1) is 0 Å². The Balaban J connectivity index is 2.49. The van der Waals surface area contributed by atoms with Crippen LogP contribution in [-0.2, 0) is 12.8 Å². The number of rotatable bonds is 4. The molecule has 0 radical (unpaired) electrons. The van der Waals surface area contributed by atoms with Gasteiger partial charge in [0, 0.05) is 29.7 Å². The van der Waals surface area contributed by atoms with E-state index in [-0.39, 0.29) is 0 Å². The van der Waals surface area contributed by atoms with E-state index in [1.54, 1.807) is 6.20 Å². The van der Waals surface area contributed by atoms with E-state index in [1.165, 1.54) is 0 Å². The fourth-order valence-corrected chi connectivity index (χ4v) is 1.95. The Morgan fingerprint density at radius 2 is 2.06 bits per heavy atom. The van der Waals surface area contributed by atoms with E-state index in [2.05, 4.69) is 28.8 Å². The molecule has 0 amide bonds. The van der Waals surface area contributed by atoms with Gasteiger partial charge < -0.3 is 5.73 Å². The third-order valence-corrected chi connectivity index (χ3v) is 2.83. The average molecular weight is 242 g/mol. The summed E-state index contributed by atoms with van der Waals surface area (Å²) >= 11 is 0. The van der Waals surface area contributed by atoms with E-state index in [0.29, 0.717) is 11.6 Å². The second kappa shape index (κ2) is 5.58. The summed E-state index contributed by atoms with van der Waals surface area (Å²) in [7, 11) is 0. The summed E-state index contributed by atoms with van der Waals surface area (Å²) in [5, 5.41) is 0. The molecule has 0 atom stereocenters. The maximum absolute atomic E-state index is 5.85. The third-order valence-electron chi connectivity index (χ3n) is 2.83. The molecule has 2 N–H and O–H groups in total. The monoisotopic (exact) mass is 242 g/mol. The lowest BCUT2D eigenvalue weighted by atomic mass is 10.1. The Bertz CT molecular complexity index is 537. The number of nitrogens with zero attached hydrogens (tertiary/aromatic N) is 3. The second-order valence-corrected chi connectivity index (χ2v) is 4.24. The first kappa shape index (κ1) is 12.5. The molecule has 0 unspecified atom stereocenters. The normalized spacial score (nSPS) is 10.6. The summed E-state index contributed by atoms with van der Waals surface area (Å²) in [4.78, 5) is 13.1. The molecule has 0 saturated carbocycles. The fourth-order valence-electron chi connectivity index (χ4n) is 1.95. The molecule has 2 aromatic rings. The lowest BCUT2D eigenvalue weighted by Crippen LogP contribution is -2.02. The van der Waals surface area contributed by atoms with Crippen molar-refractivity contribution in [2.45, 2.75) is 33.1 Å². The van der Waals surface area contributed by atoms with Gasteiger partial charge in [-0.2, -0.15) is 0 Å². The van der Waals surface area contributed by atoms with Crippen molar-refractivity contribution in [3.05, 3.63) is 35.8 Å². The molecule has 4 nitrogen and oxygen atoms in total. The van der Waals surface area contributed by atoms with Crippen LogP contribution in [-0.4, -0.2) is 15.0 Å². The van der Waals surface area contributed by atoms with Crippen molar-refractivity contribution in [3.8, 4) is 11.4 Å². The summed E-state index contributed by atoms with van der Waals surface area (Å²) in [5.41, 5.74) is 9.02. The quantitative estimate of drug-likeness (QED) is 0.895. The molecule has 0 aliphatic carbocycles. The van der Waals surface area contributed by atoms with E-state index in [4.69, 9.17) is 5.73 Å². The van der Waals surface area contributed by atoms with Crippen LogP contribution in [0.4, 0.5) is 5.82 Å². The highest BCUT2D eigenvalue weighted by Gasteiger charge is 2.08. The van der Waals surface area contributed by atoms with Gasteiger partial charge in [0.1, 0.15) is 5.82 Å². The first-order chi connectivity index (χ1) is 8.74. The van der Waals surface area contributed by atoms with Crippen LogP contribution in [0.2, 0.25) is 0 Å². The Morgan fingerprint density at radius 3 is 2.78 bits per heavy atom. The van der Waals surface area contributed by atoms with Gasteiger partial charge in [0.05, 0.1) is 0 Å². The zero-order valence-corrected chi connectivity index (χ0v) is 10.8. The van der Waals surface area contributed by atoms with Crippen molar-refractivity contribution in [3.63, 3.8) is 0 Å². The summed E-state index contributed by atoms with van der Waals surface area (Å²) in [6.07, 6.45) is 6.51. The van der Waals surface area contributed by atoms with E-state index >= 15 is 0 Å². The average Bonchev–Trinajstić information content (AvgIpc) is 2.38. The molecule has 0 bridgehead atoms. The molecule has 4 heteroatoms. The molecule has 0 spiro atoms. The van der Waals surface area contributed by atoms with Gasteiger partial charge in [-0.25, -0.2) is 9.97 Å². The van der Waals surface area contributed by atoms with Gasteiger partial charge in [-0.15, -0.1) is 0 Å². The van der Waals surface area contributed by atoms with Crippen molar-refractivity contribution < 1.29 is 0 Å². The van der Waals surface area contributed by atoms with Crippen molar-refractivity contribution in [1.29, 1.82) is 0 Å². The minimum Gasteiger partial charge on any atom is -0.384 e. The predicted octanol–water partition coefficient (Wildman–Crippen LogP) is 2.64. The Kier molecular flexibility index (Phi) is 3.87. The maximum Gasteiger partial charge on any atom is 0.162 e. The Morgan fingerprint density at radius 1 is 1.22 bits per heavy atom. The van der Waals surface area contributed by atoms with E-state index < -0.39 is 0 Å². The summed E-state index contributed by atoms with van der Waals surface area (Å²) in [6.45, 7) is 4.22. The van der Waals surface area contributed by atoms with Crippen molar-refractivity contribution in [2.24, 2.45) is 0 Å². The second-order valence-electron chi connectivity index (χ2n) is 4.24. The largest absolute Gasteiger partial charge is 0.384 e. The first-order valence-corrected chi connectivity index (χ1v) is 6.31. The molecule has 0 aliphatic rings. The molecule has 0 aromatic carbocycles. The molecule has 0 fully saturated rings. The van der Waals surface area contributed by atoms with E-state index in [9.17, 15) is 0 Å². The topological polar surface area (TPSA) is 64.7 Å². The van der Waals surface area contributed by atoms with Crippen LogP contribution in [0.15, 0.2) is 24.5 Å². The van der Waals surface area contributed by atoms with Crippen molar-refractivity contribution >= 4 is 5.82 Å². The van der Waals surface area contributed by atoms with Gasteiger partial charge in [-0.1, -0.05) is 20.3 Å². The molecule has 18 heavy (non-hydrogen) atoms. The zero-order valence-electron chi connectivity index (χ0n) is 10.8. The van der Waals surface area contributed by atoms with Crippen LogP contribution < -0.4 is 5.73 Å². The molecular formula is C14H18N4. The molecule has 2 aromatic heterocycles. The standard InChI is InChI=1S/C14H18N4/c1-3-5-11-8-13(15)18-14(17-11)12-6-7-16-9-10(12)4-2/h6-9H,3-5H2,1-2H3,(H2,15,17,18). The van der Waals surface area contributed by atoms with Crippen LogP contribution in [0.1, 0.15) is 31.5 Å². The van der Waals surface area contributed by atoms with Gasteiger partial charge in [0.2, 0.25) is 0 Å². The smallest absolute Gasteiger partial charge is 0.162 e. The number of pyridine rings is 1. The third kappa shape index (κ3) is 2.64. The number of nitrogen functional groups attached to an aromatic ring is 1.